The van der Waals surface area contributed by atoms with Crippen molar-refractivity contribution in [3.05, 3.63) is 29.8 Å². The second kappa shape index (κ2) is 8.82. The number of carbonyl (C=O) groups is 1. The number of hydrogen-bond acceptors (Lipinski definition) is 3. The van der Waals surface area contributed by atoms with Crippen LogP contribution in [0, 0.1) is 6.92 Å². The van der Waals surface area contributed by atoms with E-state index in [4.69, 9.17) is 10.5 Å². The van der Waals surface area contributed by atoms with Gasteiger partial charge < -0.3 is 15.8 Å². The molecule has 1 aromatic rings. The van der Waals surface area contributed by atoms with Crippen LogP contribution >= 0.6 is 12.4 Å². The van der Waals surface area contributed by atoms with Crippen LogP contribution in [-0.4, -0.2) is 24.6 Å². The number of ether oxygens (including phenoxy) is 1. The minimum atomic E-state index is -0.368. The van der Waals surface area contributed by atoms with Gasteiger partial charge in [0.25, 0.3) is 0 Å². The van der Waals surface area contributed by atoms with E-state index in [1.165, 1.54) is 0 Å². The molecule has 1 aromatic carbocycles. The molecule has 0 aliphatic carbocycles. The van der Waals surface area contributed by atoms with Crippen LogP contribution in [0.5, 0.6) is 5.75 Å². The predicted molar refractivity (Wildman–Crippen MR) is 84.4 cm³/mol. The molecule has 20 heavy (non-hydrogen) atoms. The molecular weight excluding hydrogens is 276 g/mol. The van der Waals surface area contributed by atoms with Crippen molar-refractivity contribution in [1.82, 2.24) is 5.32 Å². The van der Waals surface area contributed by atoms with Crippen molar-refractivity contribution in [3.8, 4) is 5.75 Å². The Bertz CT molecular complexity index is 417. The van der Waals surface area contributed by atoms with Crippen molar-refractivity contribution in [2.75, 3.05) is 13.2 Å². The molecule has 0 radical (unpaired) electrons. The van der Waals surface area contributed by atoms with E-state index in [1.54, 1.807) is 0 Å². The largest absolute Gasteiger partial charge is 0.493 e. The van der Waals surface area contributed by atoms with Gasteiger partial charge in [-0.25, -0.2) is 0 Å². The quantitative estimate of drug-likeness (QED) is 0.760. The highest BCUT2D eigenvalue weighted by Gasteiger charge is 2.11. The van der Waals surface area contributed by atoms with E-state index in [0.29, 0.717) is 26.0 Å². The number of halogens is 1. The van der Waals surface area contributed by atoms with E-state index in [9.17, 15) is 4.79 Å². The number of hydrogen-bond donors (Lipinski definition) is 2. The molecule has 0 saturated carbocycles. The highest BCUT2D eigenvalue weighted by Crippen LogP contribution is 2.16. The lowest BCUT2D eigenvalue weighted by Crippen LogP contribution is -2.45. The van der Waals surface area contributed by atoms with Crippen LogP contribution in [0.4, 0.5) is 0 Å². The Labute approximate surface area is 127 Å². The second-order valence-electron chi connectivity index (χ2n) is 5.48. The molecule has 0 aliphatic rings. The first-order valence-corrected chi connectivity index (χ1v) is 6.62. The molecule has 0 heterocycles. The molecular formula is C15H25ClN2O2. The molecule has 1 amide bonds. The molecule has 0 fully saturated rings. The first-order chi connectivity index (χ1) is 8.88. The van der Waals surface area contributed by atoms with Crippen LogP contribution in [-0.2, 0) is 4.79 Å². The van der Waals surface area contributed by atoms with Crippen molar-refractivity contribution >= 4 is 18.3 Å². The highest BCUT2D eigenvalue weighted by molar-refractivity contribution is 5.85. The van der Waals surface area contributed by atoms with Gasteiger partial charge in [-0.05, 0) is 38.8 Å². The van der Waals surface area contributed by atoms with Crippen molar-refractivity contribution < 1.29 is 9.53 Å². The van der Waals surface area contributed by atoms with Crippen molar-refractivity contribution in [3.63, 3.8) is 0 Å². The Kier molecular flexibility index (Phi) is 8.26. The molecule has 3 N–H and O–H groups in total. The number of nitrogens with two attached hydrogens (primary N) is 1. The first kappa shape index (κ1) is 18.7. The smallest absolute Gasteiger partial charge is 0.220 e. The molecule has 0 atom stereocenters. The van der Waals surface area contributed by atoms with E-state index < -0.39 is 0 Å². The summed E-state index contributed by atoms with van der Waals surface area (Å²) in [5.74, 6) is 0.901. The number of benzene rings is 1. The Balaban J connectivity index is 0.00000361. The fraction of sp³-hybridized carbons (Fsp3) is 0.533. The highest BCUT2D eigenvalue weighted by atomic mass is 35.5. The van der Waals surface area contributed by atoms with Gasteiger partial charge >= 0.3 is 0 Å². The van der Waals surface area contributed by atoms with Crippen molar-refractivity contribution in [2.24, 2.45) is 5.73 Å². The summed E-state index contributed by atoms with van der Waals surface area (Å²) in [5, 5.41) is 2.81. The molecule has 0 bridgehead atoms. The summed E-state index contributed by atoms with van der Waals surface area (Å²) in [6.07, 6.45) is 1.16. The zero-order chi connectivity index (χ0) is 14.3. The standard InChI is InChI=1S/C15H24N2O2.ClH/c1-12-7-4-5-8-13(12)19-10-6-9-14(18)17-11-15(2,3)16;/h4-5,7-8H,6,9-11,16H2,1-3H3,(H,17,18);1H. The number of amides is 1. The zero-order valence-corrected chi connectivity index (χ0v) is 13.3. The van der Waals surface area contributed by atoms with Crippen LogP contribution in [0.2, 0.25) is 0 Å². The van der Waals surface area contributed by atoms with E-state index in [1.807, 2.05) is 45.0 Å². The Morgan fingerprint density at radius 1 is 1.35 bits per heavy atom. The maximum atomic E-state index is 11.5. The van der Waals surface area contributed by atoms with Gasteiger partial charge in [0.15, 0.2) is 0 Å². The lowest BCUT2D eigenvalue weighted by atomic mass is 10.1. The van der Waals surface area contributed by atoms with Crippen LogP contribution < -0.4 is 15.8 Å². The maximum Gasteiger partial charge on any atom is 0.220 e. The maximum absolute atomic E-state index is 11.5. The average Bonchev–Trinajstić information content (AvgIpc) is 2.33. The van der Waals surface area contributed by atoms with E-state index >= 15 is 0 Å². The minimum Gasteiger partial charge on any atom is -0.493 e. The summed E-state index contributed by atoms with van der Waals surface area (Å²) in [4.78, 5) is 11.5. The van der Waals surface area contributed by atoms with Gasteiger partial charge in [0.1, 0.15) is 5.75 Å². The van der Waals surface area contributed by atoms with Crippen molar-refractivity contribution in [2.45, 2.75) is 39.2 Å². The average molecular weight is 301 g/mol. The van der Waals surface area contributed by atoms with Crippen molar-refractivity contribution in [1.29, 1.82) is 0 Å². The first-order valence-electron chi connectivity index (χ1n) is 6.62. The molecule has 4 nitrogen and oxygen atoms in total. The Morgan fingerprint density at radius 3 is 2.60 bits per heavy atom. The van der Waals surface area contributed by atoms with Gasteiger partial charge in [0, 0.05) is 18.5 Å². The molecule has 114 valence electrons. The minimum absolute atomic E-state index is 0. The molecule has 1 rings (SSSR count). The van der Waals surface area contributed by atoms with E-state index in [-0.39, 0.29) is 23.9 Å². The Hall–Kier alpha value is -1.26. The zero-order valence-electron chi connectivity index (χ0n) is 12.4. The fourth-order valence-corrected chi connectivity index (χ4v) is 1.55. The number of nitrogens with one attached hydrogen (secondary N) is 1. The summed E-state index contributed by atoms with van der Waals surface area (Å²) in [7, 11) is 0. The third-order valence-electron chi connectivity index (χ3n) is 2.64. The summed E-state index contributed by atoms with van der Waals surface area (Å²) in [5.41, 5.74) is 6.53. The third-order valence-corrected chi connectivity index (χ3v) is 2.64. The lowest BCUT2D eigenvalue weighted by Gasteiger charge is -2.18. The summed E-state index contributed by atoms with van der Waals surface area (Å²) in [6.45, 7) is 6.81. The van der Waals surface area contributed by atoms with Gasteiger partial charge in [-0.3, -0.25) is 4.79 Å². The van der Waals surface area contributed by atoms with Gasteiger partial charge in [-0.1, -0.05) is 18.2 Å². The topological polar surface area (TPSA) is 64.3 Å². The number of aryl methyl sites for hydroxylation is 1. The molecule has 0 unspecified atom stereocenters. The van der Waals surface area contributed by atoms with Crippen LogP contribution in [0.15, 0.2) is 24.3 Å². The lowest BCUT2D eigenvalue weighted by molar-refractivity contribution is -0.121. The van der Waals surface area contributed by atoms with Crippen LogP contribution in [0.3, 0.4) is 0 Å². The number of carbonyl (C=O) groups excluding carboxylic acids is 1. The van der Waals surface area contributed by atoms with Crippen LogP contribution in [0.1, 0.15) is 32.3 Å². The Morgan fingerprint density at radius 2 is 2.00 bits per heavy atom. The SMILES string of the molecule is Cc1ccccc1OCCCC(=O)NCC(C)(C)N.Cl. The van der Waals surface area contributed by atoms with Gasteiger partial charge in [-0.2, -0.15) is 0 Å². The van der Waals surface area contributed by atoms with Gasteiger partial charge in [0.2, 0.25) is 5.91 Å². The molecule has 0 aromatic heterocycles. The molecule has 0 aliphatic heterocycles. The molecule has 0 saturated heterocycles. The summed E-state index contributed by atoms with van der Waals surface area (Å²) in [6, 6.07) is 7.86. The molecule has 5 heteroatoms. The van der Waals surface area contributed by atoms with Crippen LogP contribution in [0.25, 0.3) is 0 Å². The predicted octanol–water partition coefficient (Wildman–Crippen LogP) is 2.43. The normalized spacial score (nSPS) is 10.6. The summed E-state index contributed by atoms with van der Waals surface area (Å²) < 4.78 is 5.63. The van der Waals surface area contributed by atoms with E-state index in [2.05, 4.69) is 5.32 Å². The molecule has 0 spiro atoms. The van der Waals surface area contributed by atoms with Gasteiger partial charge in [0.05, 0.1) is 6.61 Å². The summed E-state index contributed by atoms with van der Waals surface area (Å²) >= 11 is 0. The number of rotatable bonds is 7. The monoisotopic (exact) mass is 300 g/mol. The van der Waals surface area contributed by atoms with Gasteiger partial charge in [-0.15, -0.1) is 12.4 Å². The second-order valence-corrected chi connectivity index (χ2v) is 5.48. The number of para-hydroxylation sites is 1. The third kappa shape index (κ3) is 8.02. The van der Waals surface area contributed by atoms with E-state index in [0.717, 1.165) is 11.3 Å². The fourth-order valence-electron chi connectivity index (χ4n) is 1.55.